The maximum atomic E-state index is 10.8. The third-order valence-electron chi connectivity index (χ3n) is 1.82. The molecule has 0 aliphatic rings. The fourth-order valence-corrected chi connectivity index (χ4v) is 1.62. The van der Waals surface area contributed by atoms with Gasteiger partial charge in [-0.1, -0.05) is 24.3 Å². The Balaban J connectivity index is 2.75. The third kappa shape index (κ3) is 1.62. The molecule has 0 saturated carbocycles. The Labute approximate surface area is 81.7 Å². The summed E-state index contributed by atoms with van der Waals surface area (Å²) in [5.41, 5.74) is 0. The van der Waals surface area contributed by atoms with Crippen molar-refractivity contribution in [2.75, 3.05) is 0 Å². The smallest absolute Gasteiger partial charge is 0.282 e. The largest absolute Gasteiger partial charge is 0.295 e. The average Bonchev–Trinajstić information content (AvgIpc) is 2.16. The molecule has 0 aliphatic heterocycles. The summed E-state index contributed by atoms with van der Waals surface area (Å²) in [5, 5.41) is 1.38. The van der Waals surface area contributed by atoms with Crippen LogP contribution in [0.1, 0.15) is 0 Å². The first-order valence-electron chi connectivity index (χ1n) is 3.87. The van der Waals surface area contributed by atoms with Gasteiger partial charge in [0.1, 0.15) is 4.90 Å². The summed E-state index contributed by atoms with van der Waals surface area (Å²) in [6, 6.07) is 13.6. The predicted octanol–water partition coefficient (Wildman–Crippen LogP) is 1.69. The second-order valence-electron chi connectivity index (χ2n) is 2.80. The molecule has 2 rings (SSSR count). The van der Waals surface area contributed by atoms with Crippen LogP contribution in [-0.2, 0) is 10.1 Å². The maximum Gasteiger partial charge on any atom is 0.295 e. The Morgan fingerprint density at radius 1 is 1.14 bits per heavy atom. The van der Waals surface area contributed by atoms with E-state index in [0.29, 0.717) is 5.39 Å². The van der Waals surface area contributed by atoms with E-state index in [-0.39, 0.29) is 4.90 Å². The lowest BCUT2D eigenvalue weighted by atomic mass is 10.1. The van der Waals surface area contributed by atoms with Crippen molar-refractivity contribution in [1.82, 2.24) is 0 Å². The number of fused-ring (bicyclic) bond motifs is 1. The molecule has 0 spiro atoms. The monoisotopic (exact) mass is 206 g/mol. The van der Waals surface area contributed by atoms with Crippen LogP contribution in [0.2, 0.25) is 0 Å². The molecule has 0 amide bonds. The molecule has 2 aromatic carbocycles. The molecule has 14 heavy (non-hydrogen) atoms. The SMILES string of the molecule is O=S(=O)(O)c1[c]c2ccccc2[c]c1. The van der Waals surface area contributed by atoms with E-state index in [1.165, 1.54) is 6.07 Å². The quantitative estimate of drug-likeness (QED) is 0.722. The molecule has 3 nitrogen and oxygen atoms in total. The summed E-state index contributed by atoms with van der Waals surface area (Å²) in [4.78, 5) is -0.254. The Hall–Kier alpha value is -1.39. The molecule has 0 fully saturated rings. The van der Waals surface area contributed by atoms with Crippen LogP contribution < -0.4 is 0 Å². The zero-order valence-electron chi connectivity index (χ0n) is 7.06. The fourth-order valence-electron chi connectivity index (χ4n) is 1.17. The minimum Gasteiger partial charge on any atom is -0.282 e. The summed E-state index contributed by atoms with van der Waals surface area (Å²) in [6.07, 6.45) is 0. The van der Waals surface area contributed by atoms with E-state index in [1.54, 1.807) is 18.2 Å². The molecule has 4 heteroatoms. The summed E-state index contributed by atoms with van der Waals surface area (Å²) < 4.78 is 30.3. The van der Waals surface area contributed by atoms with Gasteiger partial charge in [0.05, 0.1) is 0 Å². The van der Waals surface area contributed by atoms with Gasteiger partial charge in [0.25, 0.3) is 10.1 Å². The van der Waals surface area contributed by atoms with Crippen molar-refractivity contribution >= 4 is 20.9 Å². The van der Waals surface area contributed by atoms with Gasteiger partial charge in [0.15, 0.2) is 0 Å². The van der Waals surface area contributed by atoms with Crippen molar-refractivity contribution in [2.45, 2.75) is 4.90 Å². The molecular formula is C10H6O3S. The van der Waals surface area contributed by atoms with E-state index in [2.05, 4.69) is 12.1 Å². The lowest BCUT2D eigenvalue weighted by molar-refractivity contribution is 0.483. The molecule has 0 aromatic heterocycles. The molecule has 0 aliphatic carbocycles. The van der Waals surface area contributed by atoms with Gasteiger partial charge in [0, 0.05) is 6.07 Å². The Bertz CT molecular complexity index is 573. The number of benzene rings is 2. The number of rotatable bonds is 1. The second kappa shape index (κ2) is 3.08. The number of hydrogen-bond acceptors (Lipinski definition) is 2. The first kappa shape index (κ1) is 9.18. The summed E-state index contributed by atoms with van der Waals surface area (Å²) in [6.45, 7) is 0. The van der Waals surface area contributed by atoms with E-state index in [0.717, 1.165) is 5.39 Å². The van der Waals surface area contributed by atoms with Crippen molar-refractivity contribution in [1.29, 1.82) is 0 Å². The normalized spacial score (nSPS) is 11.8. The van der Waals surface area contributed by atoms with Gasteiger partial charge in [-0.05, 0) is 22.9 Å². The highest BCUT2D eigenvalue weighted by Crippen LogP contribution is 2.16. The minimum absolute atomic E-state index is 0.254. The van der Waals surface area contributed by atoms with Crippen molar-refractivity contribution in [3.05, 3.63) is 42.5 Å². The minimum atomic E-state index is -4.18. The summed E-state index contributed by atoms with van der Waals surface area (Å²) in [5.74, 6) is 0. The van der Waals surface area contributed by atoms with Crippen molar-refractivity contribution in [3.63, 3.8) is 0 Å². The zero-order chi connectivity index (χ0) is 10.2. The Kier molecular flexibility index (Phi) is 2.02. The molecule has 0 bridgehead atoms. The third-order valence-corrected chi connectivity index (χ3v) is 2.60. The first-order valence-corrected chi connectivity index (χ1v) is 5.31. The van der Waals surface area contributed by atoms with Gasteiger partial charge in [-0.25, -0.2) is 0 Å². The van der Waals surface area contributed by atoms with Gasteiger partial charge in [-0.15, -0.1) is 0 Å². The van der Waals surface area contributed by atoms with Crippen LogP contribution in [0.3, 0.4) is 0 Å². The molecular weight excluding hydrogens is 200 g/mol. The highest BCUT2D eigenvalue weighted by molar-refractivity contribution is 7.85. The second-order valence-corrected chi connectivity index (χ2v) is 4.19. The zero-order valence-corrected chi connectivity index (χ0v) is 7.88. The highest BCUT2D eigenvalue weighted by atomic mass is 32.2. The van der Waals surface area contributed by atoms with E-state index in [9.17, 15) is 8.42 Å². The lowest BCUT2D eigenvalue weighted by Gasteiger charge is -1.98. The van der Waals surface area contributed by atoms with Crippen molar-refractivity contribution in [2.24, 2.45) is 0 Å². The maximum absolute atomic E-state index is 10.8. The van der Waals surface area contributed by atoms with Crippen molar-refractivity contribution < 1.29 is 13.0 Å². The van der Waals surface area contributed by atoms with Gasteiger partial charge in [-0.3, -0.25) is 4.55 Å². The van der Waals surface area contributed by atoms with Gasteiger partial charge in [0.2, 0.25) is 0 Å². The van der Waals surface area contributed by atoms with E-state index in [1.807, 2.05) is 6.07 Å². The standard InChI is InChI=1S/C10H6O3S/c11-14(12,13)10-6-5-8-3-1-2-4-9(8)7-10/h1-4,6H,(H,11,12,13). The van der Waals surface area contributed by atoms with Crippen LogP contribution in [0.5, 0.6) is 0 Å². The van der Waals surface area contributed by atoms with Gasteiger partial charge >= 0.3 is 0 Å². The van der Waals surface area contributed by atoms with Crippen LogP contribution >= 0.6 is 0 Å². The first-order chi connectivity index (χ1) is 6.57. The molecule has 2 radical (unpaired) electrons. The molecule has 0 saturated heterocycles. The molecule has 1 N–H and O–H groups in total. The fraction of sp³-hybridized carbons (Fsp3) is 0. The van der Waals surface area contributed by atoms with Crippen LogP contribution in [-0.4, -0.2) is 13.0 Å². The lowest BCUT2D eigenvalue weighted by Crippen LogP contribution is -1.97. The van der Waals surface area contributed by atoms with Crippen molar-refractivity contribution in [3.8, 4) is 0 Å². The number of hydrogen-bond donors (Lipinski definition) is 1. The summed E-state index contributed by atoms with van der Waals surface area (Å²) in [7, 11) is -4.18. The van der Waals surface area contributed by atoms with E-state index < -0.39 is 10.1 Å². The molecule has 70 valence electrons. The summed E-state index contributed by atoms with van der Waals surface area (Å²) >= 11 is 0. The van der Waals surface area contributed by atoms with Crippen LogP contribution in [0, 0.1) is 12.1 Å². The van der Waals surface area contributed by atoms with Gasteiger partial charge in [-0.2, -0.15) is 8.42 Å². The van der Waals surface area contributed by atoms with Crippen LogP contribution in [0.25, 0.3) is 10.8 Å². The van der Waals surface area contributed by atoms with Crippen LogP contribution in [0.4, 0.5) is 0 Å². The van der Waals surface area contributed by atoms with Gasteiger partial charge < -0.3 is 0 Å². The molecule has 0 atom stereocenters. The topological polar surface area (TPSA) is 54.4 Å². The average molecular weight is 206 g/mol. The molecule has 2 aromatic rings. The predicted molar refractivity (Wildman–Crippen MR) is 51.4 cm³/mol. The van der Waals surface area contributed by atoms with Crippen LogP contribution in [0.15, 0.2) is 35.2 Å². The Morgan fingerprint density at radius 3 is 2.43 bits per heavy atom. The van der Waals surface area contributed by atoms with E-state index >= 15 is 0 Å². The molecule has 0 unspecified atom stereocenters. The Morgan fingerprint density at radius 2 is 1.79 bits per heavy atom. The molecule has 0 heterocycles. The van der Waals surface area contributed by atoms with E-state index in [4.69, 9.17) is 4.55 Å². The highest BCUT2D eigenvalue weighted by Gasteiger charge is 2.09.